The first-order chi connectivity index (χ1) is 16.9. The smallest absolute Gasteiger partial charge is 0.254 e. The molecule has 1 aromatic heterocycles. The van der Waals surface area contributed by atoms with Crippen LogP contribution in [-0.2, 0) is 22.7 Å². The number of nitrogens with two attached hydrogens (primary N) is 2. The number of amides is 3. The van der Waals surface area contributed by atoms with Crippen LogP contribution in [0.1, 0.15) is 33.6 Å². The van der Waals surface area contributed by atoms with Gasteiger partial charge in [0.25, 0.3) is 5.91 Å². The van der Waals surface area contributed by atoms with Gasteiger partial charge in [-0.2, -0.15) is 0 Å². The Balaban J connectivity index is 1.52. The lowest BCUT2D eigenvalue weighted by Crippen LogP contribution is -2.48. The van der Waals surface area contributed by atoms with Crippen molar-refractivity contribution in [2.24, 2.45) is 11.5 Å². The second-order valence-electron chi connectivity index (χ2n) is 8.37. The maximum atomic E-state index is 13.5. The van der Waals surface area contributed by atoms with Gasteiger partial charge in [-0.3, -0.25) is 14.4 Å². The normalized spacial score (nSPS) is 15.1. The van der Waals surface area contributed by atoms with Crippen molar-refractivity contribution in [2.45, 2.75) is 32.0 Å². The van der Waals surface area contributed by atoms with Crippen molar-refractivity contribution in [3.8, 4) is 11.5 Å². The third-order valence-electron chi connectivity index (χ3n) is 5.89. The number of rotatable bonds is 9. The monoisotopic (exact) mass is 492 g/mol. The second kappa shape index (κ2) is 11.2. The average Bonchev–Trinajstić information content (AvgIpc) is 3.54. The average molecular weight is 493 g/mol. The molecule has 1 aliphatic rings. The minimum atomic E-state index is -0.626. The first-order valence-corrected chi connectivity index (χ1v) is 12.3. The quantitative estimate of drug-likeness (QED) is 0.476. The number of para-hydroxylation sites is 1. The van der Waals surface area contributed by atoms with E-state index in [2.05, 4.69) is 0 Å². The van der Waals surface area contributed by atoms with Gasteiger partial charge in [0.15, 0.2) is 0 Å². The Morgan fingerprint density at radius 2 is 1.77 bits per heavy atom. The van der Waals surface area contributed by atoms with Gasteiger partial charge in [0.1, 0.15) is 24.1 Å². The summed E-state index contributed by atoms with van der Waals surface area (Å²) in [4.78, 5) is 42.2. The molecule has 4 rings (SSSR count). The van der Waals surface area contributed by atoms with Gasteiger partial charge in [-0.1, -0.05) is 18.2 Å². The van der Waals surface area contributed by atoms with Crippen LogP contribution in [0.5, 0.6) is 11.5 Å². The number of likely N-dealkylation sites (tertiary alicyclic amines) is 1. The molecule has 0 radical (unpaired) electrons. The fourth-order valence-corrected chi connectivity index (χ4v) is 5.01. The van der Waals surface area contributed by atoms with E-state index in [1.807, 2.05) is 41.8 Å². The molecule has 0 spiro atoms. The van der Waals surface area contributed by atoms with Crippen LogP contribution in [-0.4, -0.2) is 46.7 Å². The lowest BCUT2D eigenvalue weighted by Gasteiger charge is -2.27. The van der Waals surface area contributed by atoms with E-state index in [1.165, 1.54) is 21.1 Å². The van der Waals surface area contributed by atoms with Gasteiger partial charge >= 0.3 is 0 Å². The summed E-state index contributed by atoms with van der Waals surface area (Å²) in [6.45, 7) is 0.962. The van der Waals surface area contributed by atoms with Crippen molar-refractivity contribution >= 4 is 29.1 Å². The van der Waals surface area contributed by atoms with E-state index in [4.69, 9.17) is 16.2 Å². The third-order valence-corrected chi connectivity index (χ3v) is 6.86. The van der Waals surface area contributed by atoms with Crippen LogP contribution in [0.2, 0.25) is 0 Å². The Bertz CT molecular complexity index is 1180. The molecule has 2 aromatic carbocycles. The molecule has 1 fully saturated rings. The molecular formula is C26H28N4O4S. The summed E-state index contributed by atoms with van der Waals surface area (Å²) >= 11 is 1.49. The van der Waals surface area contributed by atoms with Crippen LogP contribution in [0.15, 0.2) is 66.0 Å². The number of primary amides is 1. The zero-order valence-electron chi connectivity index (χ0n) is 19.3. The molecule has 0 bridgehead atoms. The van der Waals surface area contributed by atoms with Crippen molar-refractivity contribution in [1.29, 1.82) is 0 Å². The van der Waals surface area contributed by atoms with E-state index in [-0.39, 0.29) is 24.9 Å². The van der Waals surface area contributed by atoms with Gasteiger partial charge in [-0.15, -0.1) is 11.3 Å². The lowest BCUT2D eigenvalue weighted by atomic mass is 10.1. The second-order valence-corrected chi connectivity index (χ2v) is 9.37. The Kier molecular flexibility index (Phi) is 7.79. The highest BCUT2D eigenvalue weighted by molar-refractivity contribution is 7.10. The minimum Gasteiger partial charge on any atom is -0.457 e. The molecule has 8 nitrogen and oxygen atoms in total. The van der Waals surface area contributed by atoms with Crippen LogP contribution in [0.3, 0.4) is 0 Å². The lowest BCUT2D eigenvalue weighted by molar-refractivity contribution is -0.137. The summed E-state index contributed by atoms with van der Waals surface area (Å²) in [5, 5.41) is 1.94. The Hall–Kier alpha value is -3.69. The van der Waals surface area contributed by atoms with Gasteiger partial charge in [0.2, 0.25) is 11.8 Å². The number of ether oxygens (including phenoxy) is 1. The summed E-state index contributed by atoms with van der Waals surface area (Å²) in [5.74, 6) is 0.194. The van der Waals surface area contributed by atoms with E-state index in [9.17, 15) is 14.4 Å². The van der Waals surface area contributed by atoms with Crippen molar-refractivity contribution in [1.82, 2.24) is 9.80 Å². The van der Waals surface area contributed by atoms with Crippen molar-refractivity contribution < 1.29 is 19.1 Å². The van der Waals surface area contributed by atoms with Gasteiger partial charge in [-0.25, -0.2) is 0 Å². The number of thiophene rings is 1. The molecule has 0 aliphatic carbocycles. The van der Waals surface area contributed by atoms with Crippen molar-refractivity contribution in [2.75, 3.05) is 13.1 Å². The Morgan fingerprint density at radius 3 is 2.43 bits per heavy atom. The van der Waals surface area contributed by atoms with Crippen LogP contribution in [0.4, 0.5) is 0 Å². The number of hydrogen-bond donors (Lipinski definition) is 2. The number of nitrogens with zero attached hydrogens (tertiary/aromatic N) is 2. The van der Waals surface area contributed by atoms with Gasteiger partial charge in [0.05, 0.1) is 6.54 Å². The topological polar surface area (TPSA) is 119 Å². The van der Waals surface area contributed by atoms with E-state index in [0.29, 0.717) is 43.0 Å². The zero-order valence-corrected chi connectivity index (χ0v) is 20.1. The number of carbonyl (C=O) groups excluding carboxylic acids is 3. The molecule has 4 N–H and O–H groups in total. The van der Waals surface area contributed by atoms with E-state index in [0.717, 1.165) is 10.4 Å². The van der Waals surface area contributed by atoms with E-state index >= 15 is 0 Å². The van der Waals surface area contributed by atoms with Crippen LogP contribution >= 0.6 is 11.3 Å². The molecule has 3 amide bonds. The SMILES string of the molecule is NCc1csc(CN(CC(=O)N2CCC[C@H]2C(N)=O)C(=O)c2ccc(Oc3ccccc3)cc2)c1. The van der Waals surface area contributed by atoms with Crippen LogP contribution in [0.25, 0.3) is 0 Å². The molecule has 2 heterocycles. The highest BCUT2D eigenvalue weighted by Crippen LogP contribution is 2.24. The third kappa shape index (κ3) is 6.06. The molecule has 9 heteroatoms. The first-order valence-electron chi connectivity index (χ1n) is 11.4. The fraction of sp³-hybridized carbons (Fsp3) is 0.269. The Morgan fingerprint density at radius 1 is 1.06 bits per heavy atom. The molecule has 3 aromatic rings. The van der Waals surface area contributed by atoms with Crippen molar-refractivity contribution in [3.63, 3.8) is 0 Å². The zero-order chi connectivity index (χ0) is 24.8. The molecule has 182 valence electrons. The number of carbonyl (C=O) groups is 3. The highest BCUT2D eigenvalue weighted by Gasteiger charge is 2.34. The summed E-state index contributed by atoms with van der Waals surface area (Å²) in [7, 11) is 0. The molecule has 1 saturated heterocycles. The maximum absolute atomic E-state index is 13.5. The van der Waals surface area contributed by atoms with Crippen LogP contribution in [0, 0.1) is 0 Å². The largest absolute Gasteiger partial charge is 0.457 e. The van der Waals surface area contributed by atoms with E-state index < -0.39 is 11.9 Å². The van der Waals surface area contributed by atoms with Gasteiger partial charge in [-0.05, 0) is 66.2 Å². The summed E-state index contributed by atoms with van der Waals surface area (Å²) in [6.07, 6.45) is 1.25. The molecule has 1 aliphatic heterocycles. The predicted molar refractivity (Wildman–Crippen MR) is 134 cm³/mol. The fourth-order valence-electron chi connectivity index (χ4n) is 4.09. The minimum absolute atomic E-state index is 0.152. The highest BCUT2D eigenvalue weighted by atomic mass is 32.1. The molecule has 1 atom stereocenters. The Labute approximate surface area is 208 Å². The summed E-state index contributed by atoms with van der Waals surface area (Å²) < 4.78 is 5.81. The molecular weight excluding hydrogens is 464 g/mol. The molecule has 0 unspecified atom stereocenters. The van der Waals surface area contributed by atoms with E-state index in [1.54, 1.807) is 24.3 Å². The molecule has 35 heavy (non-hydrogen) atoms. The van der Waals surface area contributed by atoms with Gasteiger partial charge in [0, 0.05) is 23.5 Å². The molecule has 0 saturated carbocycles. The maximum Gasteiger partial charge on any atom is 0.254 e. The standard InChI is InChI=1S/C26H28N4O4S/c27-14-18-13-22(35-17-18)15-29(16-24(31)30-12-4-7-23(30)25(28)32)26(33)19-8-10-21(11-9-19)34-20-5-2-1-3-6-20/h1-3,5-6,8-11,13,17,23H,4,7,12,14-16,27H2,(H2,28,32)/t23-/m0/s1. The summed E-state index contributed by atoms with van der Waals surface area (Å²) in [5.41, 5.74) is 12.6. The predicted octanol–water partition coefficient (Wildman–Crippen LogP) is 3.12. The van der Waals surface area contributed by atoms with Gasteiger partial charge < -0.3 is 26.0 Å². The number of hydrogen-bond acceptors (Lipinski definition) is 6. The first kappa shape index (κ1) is 24.4. The van der Waals surface area contributed by atoms with Crippen molar-refractivity contribution in [3.05, 3.63) is 82.0 Å². The van der Waals surface area contributed by atoms with Crippen LogP contribution < -0.4 is 16.2 Å². The number of benzene rings is 2. The summed E-state index contributed by atoms with van der Waals surface area (Å²) in [6, 6.07) is 17.5.